The number of esters is 1. The zero-order valence-electron chi connectivity index (χ0n) is 18.4. The van der Waals surface area contributed by atoms with Gasteiger partial charge in [0.2, 0.25) is 11.8 Å². The first-order chi connectivity index (χ1) is 14.8. The standard InChI is InChI=1S/C24H34N2O5/c1-5-10-20(14-19-12-8-7-9-13-19)24(30)31-18(4)15-25-22(28)21(11-6-2)23(29)26-17(3)16-27/h5-9,12-13,17-18,20-21,27H,1-2,10-11,14-16H2,3-4H3,(H,25,28)(H,26,29)/t17-,18+,20+,21?/m1/s1. The summed E-state index contributed by atoms with van der Waals surface area (Å²) in [5.74, 6) is -2.67. The van der Waals surface area contributed by atoms with E-state index in [9.17, 15) is 14.4 Å². The van der Waals surface area contributed by atoms with Gasteiger partial charge in [0.15, 0.2) is 0 Å². The average Bonchev–Trinajstić information content (AvgIpc) is 2.75. The highest BCUT2D eigenvalue weighted by Crippen LogP contribution is 2.16. The van der Waals surface area contributed by atoms with Crippen molar-refractivity contribution in [2.45, 2.75) is 45.3 Å². The van der Waals surface area contributed by atoms with E-state index in [0.29, 0.717) is 12.8 Å². The van der Waals surface area contributed by atoms with Gasteiger partial charge in [-0.2, -0.15) is 0 Å². The van der Waals surface area contributed by atoms with Crippen LogP contribution in [0.3, 0.4) is 0 Å². The Labute approximate surface area is 184 Å². The molecule has 0 saturated heterocycles. The second-order valence-electron chi connectivity index (χ2n) is 7.57. The molecule has 1 rings (SSSR count). The van der Waals surface area contributed by atoms with Crippen molar-refractivity contribution in [3.05, 3.63) is 61.2 Å². The fraction of sp³-hybridized carbons (Fsp3) is 0.458. The first-order valence-electron chi connectivity index (χ1n) is 10.5. The molecule has 0 fully saturated rings. The van der Waals surface area contributed by atoms with E-state index in [1.165, 1.54) is 6.08 Å². The van der Waals surface area contributed by atoms with Gasteiger partial charge in [0.1, 0.15) is 12.0 Å². The number of carbonyl (C=O) groups is 3. The lowest BCUT2D eigenvalue weighted by Gasteiger charge is -2.21. The van der Waals surface area contributed by atoms with Crippen LogP contribution in [0.2, 0.25) is 0 Å². The number of amides is 2. The van der Waals surface area contributed by atoms with Crippen LogP contribution >= 0.6 is 0 Å². The van der Waals surface area contributed by atoms with E-state index in [2.05, 4.69) is 23.8 Å². The maximum Gasteiger partial charge on any atom is 0.309 e. The molecule has 1 aromatic carbocycles. The van der Waals surface area contributed by atoms with Gasteiger partial charge in [-0.3, -0.25) is 14.4 Å². The van der Waals surface area contributed by atoms with Crippen LogP contribution in [0.25, 0.3) is 0 Å². The molecule has 3 N–H and O–H groups in total. The van der Waals surface area contributed by atoms with E-state index in [1.54, 1.807) is 19.9 Å². The van der Waals surface area contributed by atoms with Crippen molar-refractivity contribution in [3.63, 3.8) is 0 Å². The van der Waals surface area contributed by atoms with Crippen molar-refractivity contribution in [3.8, 4) is 0 Å². The van der Waals surface area contributed by atoms with Gasteiger partial charge in [0, 0.05) is 6.04 Å². The van der Waals surface area contributed by atoms with Gasteiger partial charge in [-0.1, -0.05) is 42.5 Å². The third-order valence-corrected chi connectivity index (χ3v) is 4.69. The SMILES string of the molecule is C=CCC(C(=O)NC[C@H](C)OC(=O)[C@@H](CC=C)Cc1ccccc1)C(=O)N[C@H](C)CO. The van der Waals surface area contributed by atoms with Crippen molar-refractivity contribution in [1.29, 1.82) is 0 Å². The van der Waals surface area contributed by atoms with E-state index in [0.717, 1.165) is 5.56 Å². The fourth-order valence-corrected chi connectivity index (χ4v) is 2.96. The quantitative estimate of drug-likeness (QED) is 0.238. The minimum absolute atomic E-state index is 0.0766. The molecule has 0 radical (unpaired) electrons. The number of hydrogen-bond acceptors (Lipinski definition) is 5. The Hall–Kier alpha value is -2.93. The van der Waals surface area contributed by atoms with Crippen LogP contribution in [0.5, 0.6) is 0 Å². The van der Waals surface area contributed by atoms with Crippen LogP contribution in [0, 0.1) is 11.8 Å². The van der Waals surface area contributed by atoms with Crippen LogP contribution in [-0.2, 0) is 25.5 Å². The Kier molecular flexibility index (Phi) is 11.9. The van der Waals surface area contributed by atoms with Crippen molar-refractivity contribution < 1.29 is 24.2 Å². The van der Waals surface area contributed by atoms with Crippen LogP contribution in [0.15, 0.2) is 55.6 Å². The third kappa shape index (κ3) is 9.61. The van der Waals surface area contributed by atoms with E-state index in [1.807, 2.05) is 30.3 Å². The third-order valence-electron chi connectivity index (χ3n) is 4.69. The molecule has 0 bridgehead atoms. The molecule has 170 valence electrons. The lowest BCUT2D eigenvalue weighted by atomic mass is 9.96. The number of allylic oxidation sites excluding steroid dienone is 2. The predicted molar refractivity (Wildman–Crippen MR) is 120 cm³/mol. The van der Waals surface area contributed by atoms with Crippen LogP contribution in [0.1, 0.15) is 32.3 Å². The molecule has 1 aromatic rings. The van der Waals surface area contributed by atoms with Gasteiger partial charge in [-0.05, 0) is 38.7 Å². The number of aliphatic hydroxyl groups excluding tert-OH is 1. The fourth-order valence-electron chi connectivity index (χ4n) is 2.96. The molecule has 0 heterocycles. The molecule has 2 amide bonds. The van der Waals surface area contributed by atoms with Crippen LogP contribution in [0.4, 0.5) is 0 Å². The normalized spacial score (nSPS) is 14.4. The van der Waals surface area contributed by atoms with Gasteiger partial charge in [0.25, 0.3) is 0 Å². The molecule has 0 aliphatic rings. The molecular weight excluding hydrogens is 396 g/mol. The number of benzene rings is 1. The van der Waals surface area contributed by atoms with Gasteiger partial charge >= 0.3 is 5.97 Å². The topological polar surface area (TPSA) is 105 Å². The monoisotopic (exact) mass is 430 g/mol. The van der Waals surface area contributed by atoms with Gasteiger partial charge in [-0.15, -0.1) is 13.2 Å². The molecule has 4 atom stereocenters. The molecule has 0 saturated carbocycles. The van der Waals surface area contributed by atoms with Crippen LogP contribution < -0.4 is 10.6 Å². The summed E-state index contributed by atoms with van der Waals surface area (Å²) >= 11 is 0. The summed E-state index contributed by atoms with van der Waals surface area (Å²) in [6.07, 6.45) is 3.78. The number of carbonyl (C=O) groups excluding carboxylic acids is 3. The number of hydrogen-bond donors (Lipinski definition) is 3. The molecule has 7 nitrogen and oxygen atoms in total. The lowest BCUT2D eigenvalue weighted by Crippen LogP contribution is -2.46. The second kappa shape index (κ2) is 14.1. The summed E-state index contributed by atoms with van der Waals surface area (Å²) in [7, 11) is 0. The highest BCUT2D eigenvalue weighted by Gasteiger charge is 2.27. The summed E-state index contributed by atoms with van der Waals surface area (Å²) in [5, 5.41) is 14.3. The minimum atomic E-state index is -0.971. The maximum atomic E-state index is 12.6. The molecule has 7 heteroatoms. The van der Waals surface area contributed by atoms with Gasteiger partial charge in [0.05, 0.1) is 19.1 Å². The summed E-state index contributed by atoms with van der Waals surface area (Å²) in [6, 6.07) is 9.20. The van der Waals surface area contributed by atoms with Crippen molar-refractivity contribution >= 4 is 17.8 Å². The van der Waals surface area contributed by atoms with E-state index in [4.69, 9.17) is 9.84 Å². The molecule has 0 spiro atoms. The predicted octanol–water partition coefficient (Wildman–Crippen LogP) is 2.16. The zero-order valence-corrected chi connectivity index (χ0v) is 18.4. The van der Waals surface area contributed by atoms with E-state index < -0.39 is 29.9 Å². The first-order valence-corrected chi connectivity index (χ1v) is 10.5. The Morgan fingerprint density at radius 3 is 2.29 bits per heavy atom. The molecule has 1 unspecified atom stereocenters. The Morgan fingerprint density at radius 1 is 1.06 bits per heavy atom. The zero-order chi connectivity index (χ0) is 23.2. The van der Waals surface area contributed by atoms with Crippen molar-refractivity contribution in [2.24, 2.45) is 11.8 Å². The summed E-state index contributed by atoms with van der Waals surface area (Å²) in [4.78, 5) is 37.4. The minimum Gasteiger partial charge on any atom is -0.461 e. The molecule has 31 heavy (non-hydrogen) atoms. The largest absolute Gasteiger partial charge is 0.461 e. The average molecular weight is 431 g/mol. The highest BCUT2D eigenvalue weighted by molar-refractivity contribution is 6.00. The molecule has 0 aliphatic carbocycles. The molecular formula is C24H34N2O5. The maximum absolute atomic E-state index is 12.6. The number of aliphatic hydroxyl groups is 1. The first kappa shape index (κ1) is 26.1. The summed E-state index contributed by atoms with van der Waals surface area (Å²) < 4.78 is 5.51. The Bertz CT molecular complexity index is 735. The number of nitrogens with one attached hydrogen (secondary N) is 2. The second-order valence-corrected chi connectivity index (χ2v) is 7.57. The lowest BCUT2D eigenvalue weighted by molar-refractivity contribution is -0.153. The number of ether oxygens (including phenoxy) is 1. The summed E-state index contributed by atoms with van der Waals surface area (Å²) in [6.45, 7) is 10.5. The van der Waals surface area contributed by atoms with Crippen LogP contribution in [-0.4, -0.2) is 48.2 Å². The highest BCUT2D eigenvalue weighted by atomic mass is 16.5. The van der Waals surface area contributed by atoms with Crippen molar-refractivity contribution in [2.75, 3.05) is 13.2 Å². The van der Waals surface area contributed by atoms with Gasteiger partial charge in [-0.25, -0.2) is 0 Å². The Balaban J connectivity index is 2.61. The Morgan fingerprint density at radius 2 is 1.71 bits per heavy atom. The summed E-state index contributed by atoms with van der Waals surface area (Å²) in [5.41, 5.74) is 1.03. The van der Waals surface area contributed by atoms with E-state index in [-0.39, 0.29) is 31.5 Å². The molecule has 0 aliphatic heterocycles. The number of rotatable bonds is 14. The van der Waals surface area contributed by atoms with Gasteiger partial charge < -0.3 is 20.5 Å². The van der Waals surface area contributed by atoms with E-state index >= 15 is 0 Å². The molecule has 0 aromatic heterocycles. The smallest absolute Gasteiger partial charge is 0.309 e. The van der Waals surface area contributed by atoms with Crippen molar-refractivity contribution in [1.82, 2.24) is 10.6 Å².